The average Bonchev–Trinajstić information content (AvgIpc) is 2.40. The van der Waals surface area contributed by atoms with Gasteiger partial charge in [-0.3, -0.25) is 4.79 Å². The molecule has 0 aromatic heterocycles. The zero-order valence-electron chi connectivity index (χ0n) is 12.8. The summed E-state index contributed by atoms with van der Waals surface area (Å²) in [7, 11) is 0. The van der Waals surface area contributed by atoms with Gasteiger partial charge >= 0.3 is 29.6 Å². The standard InChI is InChI=1S/C17H32NO.Na.H/c1-4-6-7-8-9-10-11-12-13-14-15-16(3)18-17(19)5-2;;/h5,16H,2-4,6-15H2,1H3,(H,18,19);;. The van der Waals surface area contributed by atoms with Crippen molar-refractivity contribution in [2.24, 2.45) is 0 Å². The van der Waals surface area contributed by atoms with Gasteiger partial charge in [-0.15, -0.1) is 0 Å². The first-order valence-electron chi connectivity index (χ1n) is 7.96. The van der Waals surface area contributed by atoms with Gasteiger partial charge in [0.2, 0.25) is 5.91 Å². The number of unbranched alkanes of at least 4 members (excludes halogenated alkanes) is 9. The molecule has 3 heteroatoms. The van der Waals surface area contributed by atoms with Crippen molar-refractivity contribution < 1.29 is 4.79 Å². The SMILES string of the molecule is [CH2]C(CCCCCCCCCCCC)NC(=O)C=C.[NaH]. The molecular formula is C17H33NNaO. The van der Waals surface area contributed by atoms with Crippen LogP contribution in [-0.4, -0.2) is 41.5 Å². The Morgan fingerprint density at radius 3 is 1.90 bits per heavy atom. The molecule has 0 bridgehead atoms. The fourth-order valence-corrected chi connectivity index (χ4v) is 2.21. The van der Waals surface area contributed by atoms with Gasteiger partial charge in [-0.2, -0.15) is 0 Å². The van der Waals surface area contributed by atoms with Gasteiger partial charge in [-0.25, -0.2) is 0 Å². The molecule has 0 heterocycles. The summed E-state index contributed by atoms with van der Waals surface area (Å²) in [4.78, 5) is 11.0. The van der Waals surface area contributed by atoms with Crippen molar-refractivity contribution >= 4 is 35.5 Å². The van der Waals surface area contributed by atoms with E-state index in [1.165, 1.54) is 63.9 Å². The van der Waals surface area contributed by atoms with Gasteiger partial charge in [0.25, 0.3) is 0 Å². The summed E-state index contributed by atoms with van der Waals surface area (Å²) < 4.78 is 0. The first-order chi connectivity index (χ1) is 9.20. The Labute approximate surface area is 148 Å². The first-order valence-corrected chi connectivity index (χ1v) is 7.96. The summed E-state index contributed by atoms with van der Waals surface area (Å²) in [6.45, 7) is 9.61. The molecule has 1 amide bonds. The predicted octanol–water partition coefficient (Wildman–Crippen LogP) is 4.15. The van der Waals surface area contributed by atoms with Crippen molar-refractivity contribution in [1.29, 1.82) is 0 Å². The first kappa shape index (κ1) is 22.5. The minimum absolute atomic E-state index is 0. The van der Waals surface area contributed by atoms with E-state index in [0.717, 1.165) is 12.8 Å². The molecule has 0 saturated heterocycles. The predicted molar refractivity (Wildman–Crippen MR) is 91.1 cm³/mol. The molecule has 0 saturated carbocycles. The summed E-state index contributed by atoms with van der Waals surface area (Å²) in [5.41, 5.74) is 0. The number of hydrogen-bond donors (Lipinski definition) is 1. The Morgan fingerprint density at radius 2 is 1.45 bits per heavy atom. The van der Waals surface area contributed by atoms with Crippen molar-refractivity contribution in [3.63, 3.8) is 0 Å². The van der Waals surface area contributed by atoms with Crippen molar-refractivity contribution in [2.75, 3.05) is 0 Å². The summed E-state index contributed by atoms with van der Waals surface area (Å²) in [5, 5.41) is 2.79. The van der Waals surface area contributed by atoms with Crippen molar-refractivity contribution in [2.45, 2.75) is 83.6 Å². The van der Waals surface area contributed by atoms with Crippen molar-refractivity contribution in [3.05, 3.63) is 19.6 Å². The maximum absolute atomic E-state index is 11.0. The quantitative estimate of drug-likeness (QED) is 0.308. The minimum atomic E-state index is -0.118. The second-order valence-corrected chi connectivity index (χ2v) is 5.38. The molecule has 0 aliphatic heterocycles. The molecule has 1 N–H and O–H groups in total. The van der Waals surface area contributed by atoms with E-state index in [9.17, 15) is 4.79 Å². The second kappa shape index (κ2) is 17.3. The molecule has 0 aliphatic carbocycles. The number of carbonyl (C=O) groups is 1. The van der Waals surface area contributed by atoms with Gasteiger partial charge in [0.05, 0.1) is 0 Å². The van der Waals surface area contributed by atoms with Crippen molar-refractivity contribution in [3.8, 4) is 0 Å². The second-order valence-electron chi connectivity index (χ2n) is 5.38. The molecule has 0 rings (SSSR count). The fraction of sp³-hybridized carbons (Fsp3) is 0.765. The number of amides is 1. The maximum atomic E-state index is 11.0. The Balaban J connectivity index is 0. The van der Waals surface area contributed by atoms with Crippen molar-refractivity contribution in [1.82, 2.24) is 5.32 Å². The molecular weight excluding hydrogens is 257 g/mol. The van der Waals surface area contributed by atoms with E-state index < -0.39 is 0 Å². The van der Waals surface area contributed by atoms with E-state index in [1.807, 2.05) is 0 Å². The van der Waals surface area contributed by atoms with Crippen LogP contribution in [0, 0.1) is 6.92 Å². The van der Waals surface area contributed by atoms with E-state index in [1.54, 1.807) is 0 Å². The Bertz CT molecular complexity index is 231. The van der Waals surface area contributed by atoms with Crippen LogP contribution in [0.4, 0.5) is 0 Å². The normalized spacial score (nSPS) is 11.5. The van der Waals surface area contributed by atoms with E-state index in [2.05, 4.69) is 25.7 Å². The van der Waals surface area contributed by atoms with Crippen LogP contribution in [0.1, 0.15) is 77.6 Å². The summed E-state index contributed by atoms with van der Waals surface area (Å²) >= 11 is 0. The van der Waals surface area contributed by atoms with Gasteiger partial charge in [0.15, 0.2) is 0 Å². The van der Waals surface area contributed by atoms with Gasteiger partial charge < -0.3 is 5.32 Å². The number of rotatable bonds is 13. The van der Waals surface area contributed by atoms with Crippen LogP contribution in [0.2, 0.25) is 0 Å². The van der Waals surface area contributed by atoms with Gasteiger partial charge in [-0.05, 0) is 19.4 Å². The third kappa shape index (κ3) is 16.3. The average molecular weight is 290 g/mol. The van der Waals surface area contributed by atoms with Crippen LogP contribution >= 0.6 is 0 Å². The topological polar surface area (TPSA) is 29.1 Å². The van der Waals surface area contributed by atoms with Crippen LogP contribution < -0.4 is 5.32 Å². The Morgan fingerprint density at radius 1 is 1.00 bits per heavy atom. The van der Waals surface area contributed by atoms with E-state index in [-0.39, 0.29) is 41.5 Å². The van der Waals surface area contributed by atoms with Crippen LogP contribution in [0.15, 0.2) is 12.7 Å². The van der Waals surface area contributed by atoms with Crippen LogP contribution in [0.25, 0.3) is 0 Å². The molecule has 0 aromatic carbocycles. The number of carbonyl (C=O) groups excluding carboxylic acids is 1. The van der Waals surface area contributed by atoms with E-state index in [0.29, 0.717) is 0 Å². The third-order valence-electron chi connectivity index (χ3n) is 3.44. The van der Waals surface area contributed by atoms with Crippen LogP contribution in [0.3, 0.4) is 0 Å². The summed E-state index contributed by atoms with van der Waals surface area (Å²) in [6.07, 6.45) is 15.7. The molecule has 1 atom stereocenters. The molecule has 113 valence electrons. The van der Waals surface area contributed by atoms with Gasteiger partial charge in [0, 0.05) is 6.04 Å². The fourth-order valence-electron chi connectivity index (χ4n) is 2.21. The number of nitrogens with one attached hydrogen (secondary N) is 1. The van der Waals surface area contributed by atoms with Gasteiger partial charge in [-0.1, -0.05) is 77.7 Å². The number of hydrogen-bond acceptors (Lipinski definition) is 1. The molecule has 0 aliphatic rings. The molecule has 0 aromatic rings. The molecule has 1 unspecified atom stereocenters. The zero-order chi connectivity index (χ0) is 14.3. The summed E-state index contributed by atoms with van der Waals surface area (Å²) in [6, 6.07) is 0.0274. The molecule has 0 spiro atoms. The third-order valence-corrected chi connectivity index (χ3v) is 3.44. The van der Waals surface area contributed by atoms with Crippen LogP contribution in [0.5, 0.6) is 0 Å². The molecule has 2 nitrogen and oxygen atoms in total. The summed E-state index contributed by atoms with van der Waals surface area (Å²) in [5.74, 6) is -0.118. The Hall–Kier alpha value is 0.210. The van der Waals surface area contributed by atoms with Crippen LogP contribution in [-0.2, 0) is 4.79 Å². The Kier molecular flexibility index (Phi) is 19.4. The molecule has 1 radical (unpaired) electrons. The zero-order valence-corrected chi connectivity index (χ0v) is 12.8. The van der Waals surface area contributed by atoms with Gasteiger partial charge in [0.1, 0.15) is 0 Å². The monoisotopic (exact) mass is 290 g/mol. The van der Waals surface area contributed by atoms with E-state index in [4.69, 9.17) is 0 Å². The molecule has 20 heavy (non-hydrogen) atoms. The molecule has 0 fully saturated rings. The van der Waals surface area contributed by atoms with E-state index >= 15 is 0 Å².